The van der Waals surface area contributed by atoms with E-state index in [0.717, 1.165) is 16.0 Å². The number of anilines is 2. The van der Waals surface area contributed by atoms with Gasteiger partial charge in [-0.15, -0.1) is 11.3 Å². The maximum Gasteiger partial charge on any atom is 0.255 e. The van der Waals surface area contributed by atoms with Crippen molar-refractivity contribution in [1.82, 2.24) is 0 Å². The predicted molar refractivity (Wildman–Crippen MR) is 133 cm³/mol. The van der Waals surface area contributed by atoms with Crippen LogP contribution < -0.4 is 11.1 Å². The Bertz CT molecular complexity index is 1080. The summed E-state index contributed by atoms with van der Waals surface area (Å²) in [6.07, 6.45) is 0.605. The first-order chi connectivity index (χ1) is 15.1. The first kappa shape index (κ1) is 24.2. The van der Waals surface area contributed by atoms with E-state index in [2.05, 4.69) is 5.32 Å². The summed E-state index contributed by atoms with van der Waals surface area (Å²) < 4.78 is 17.3. The van der Waals surface area contributed by atoms with Gasteiger partial charge in [-0.25, -0.2) is 0 Å². The molecule has 170 valence electrons. The number of aliphatic hydroxyl groups is 1. The number of hydrogen-bond donors (Lipinski definition) is 3. The van der Waals surface area contributed by atoms with Gasteiger partial charge in [0.2, 0.25) is 0 Å². The molecular formula is C24H29N2O4PS. The van der Waals surface area contributed by atoms with E-state index in [1.54, 1.807) is 55.5 Å². The van der Waals surface area contributed by atoms with Gasteiger partial charge in [0.15, 0.2) is 8.03 Å². The Morgan fingerprint density at radius 2 is 1.94 bits per heavy atom. The number of amides is 1. The van der Waals surface area contributed by atoms with Crippen LogP contribution in [0.1, 0.15) is 48.7 Å². The van der Waals surface area contributed by atoms with Gasteiger partial charge >= 0.3 is 0 Å². The van der Waals surface area contributed by atoms with Crippen LogP contribution in [0.15, 0.2) is 60.0 Å². The third-order valence-electron chi connectivity index (χ3n) is 4.98. The van der Waals surface area contributed by atoms with Gasteiger partial charge in [0.1, 0.15) is 0 Å². The minimum atomic E-state index is -2.16. The highest BCUT2D eigenvalue weighted by Crippen LogP contribution is 2.34. The highest BCUT2D eigenvalue weighted by atomic mass is 32.1. The van der Waals surface area contributed by atoms with Gasteiger partial charge in [0, 0.05) is 17.1 Å². The van der Waals surface area contributed by atoms with E-state index in [0.29, 0.717) is 29.8 Å². The molecule has 2 unspecified atom stereocenters. The summed E-state index contributed by atoms with van der Waals surface area (Å²) in [6.45, 7) is 5.00. The fourth-order valence-electron chi connectivity index (χ4n) is 3.28. The van der Waals surface area contributed by atoms with Crippen LogP contribution in [-0.2, 0) is 9.09 Å². The van der Waals surface area contributed by atoms with Gasteiger partial charge < -0.3 is 20.7 Å². The SMILES string of the molecule is C[PH](=O)OC(CCC(C)(C)O)c1ccc(C(=O)Nc2cc(-c3cccs3)ccc2N)cc1. The van der Waals surface area contributed by atoms with Crippen molar-refractivity contribution in [3.8, 4) is 10.4 Å². The average molecular weight is 473 g/mol. The molecule has 0 radical (unpaired) electrons. The smallest absolute Gasteiger partial charge is 0.255 e. The standard InChI is InChI=1S/C24H29N2O4PS/c1-24(2,28)13-12-21(30-31(3)29)16-6-8-17(9-7-16)23(27)26-20-15-18(10-11-19(20)25)22-5-4-14-32-22/h4-11,14-15,21,28,31H,12-13,25H2,1-3H3,(H,26,27). The van der Waals surface area contributed by atoms with Gasteiger partial charge in [0.25, 0.3) is 5.91 Å². The molecule has 0 aliphatic heterocycles. The van der Waals surface area contributed by atoms with Gasteiger partial charge in [-0.3, -0.25) is 9.36 Å². The Hall–Kier alpha value is -2.44. The summed E-state index contributed by atoms with van der Waals surface area (Å²) in [6, 6.07) is 16.6. The molecule has 2 atom stereocenters. The summed E-state index contributed by atoms with van der Waals surface area (Å²) in [4.78, 5) is 13.9. The van der Waals surface area contributed by atoms with Crippen LogP contribution in [0.3, 0.4) is 0 Å². The van der Waals surface area contributed by atoms with Gasteiger partial charge in [-0.05, 0) is 73.5 Å². The zero-order valence-electron chi connectivity index (χ0n) is 18.4. The average Bonchev–Trinajstić information content (AvgIpc) is 3.27. The fourth-order valence-corrected chi connectivity index (χ4v) is 4.66. The molecule has 4 N–H and O–H groups in total. The molecule has 3 rings (SSSR count). The zero-order valence-corrected chi connectivity index (χ0v) is 20.2. The van der Waals surface area contributed by atoms with Gasteiger partial charge in [-0.2, -0.15) is 0 Å². The van der Waals surface area contributed by atoms with Crippen LogP contribution in [-0.4, -0.2) is 23.3 Å². The monoisotopic (exact) mass is 472 g/mol. The van der Waals surface area contributed by atoms with Crippen LogP contribution in [0.25, 0.3) is 10.4 Å². The van der Waals surface area contributed by atoms with Crippen molar-refractivity contribution in [2.45, 2.75) is 38.4 Å². The van der Waals surface area contributed by atoms with Crippen LogP contribution >= 0.6 is 19.4 Å². The molecular weight excluding hydrogens is 443 g/mol. The van der Waals surface area contributed by atoms with E-state index in [-0.39, 0.29) is 5.91 Å². The molecule has 0 spiro atoms. The molecule has 0 saturated carbocycles. The topological polar surface area (TPSA) is 102 Å². The number of benzene rings is 2. The highest BCUT2D eigenvalue weighted by Gasteiger charge is 2.20. The number of thiophene rings is 1. The van der Waals surface area contributed by atoms with Crippen molar-refractivity contribution in [3.05, 3.63) is 71.1 Å². The quantitative estimate of drug-likeness (QED) is 0.263. The van der Waals surface area contributed by atoms with E-state index in [1.165, 1.54) is 6.66 Å². The maximum absolute atomic E-state index is 12.8. The molecule has 0 bridgehead atoms. The van der Waals surface area contributed by atoms with Crippen molar-refractivity contribution < 1.29 is 19.0 Å². The number of carbonyl (C=O) groups excluding carboxylic acids is 1. The highest BCUT2D eigenvalue weighted by molar-refractivity contribution is 7.38. The Morgan fingerprint density at radius 1 is 1.22 bits per heavy atom. The number of carbonyl (C=O) groups is 1. The van der Waals surface area contributed by atoms with E-state index < -0.39 is 19.7 Å². The molecule has 0 aliphatic carbocycles. The second kappa shape index (κ2) is 10.5. The van der Waals surface area contributed by atoms with Crippen LogP contribution in [0.2, 0.25) is 0 Å². The number of nitrogen functional groups attached to an aromatic ring is 1. The lowest BCUT2D eigenvalue weighted by molar-refractivity contribution is 0.0542. The first-order valence-corrected chi connectivity index (χ1v) is 13.1. The number of hydrogen-bond acceptors (Lipinski definition) is 6. The van der Waals surface area contributed by atoms with Crippen molar-refractivity contribution in [2.24, 2.45) is 0 Å². The molecule has 1 amide bonds. The number of nitrogens with one attached hydrogen (secondary N) is 1. The number of rotatable bonds is 9. The number of nitrogens with two attached hydrogens (primary N) is 1. The Labute approximate surface area is 193 Å². The summed E-state index contributed by atoms with van der Waals surface area (Å²) in [7, 11) is -2.16. The molecule has 6 nitrogen and oxygen atoms in total. The maximum atomic E-state index is 12.8. The summed E-state index contributed by atoms with van der Waals surface area (Å²) >= 11 is 1.62. The van der Waals surface area contributed by atoms with E-state index >= 15 is 0 Å². The van der Waals surface area contributed by atoms with Crippen LogP contribution in [0, 0.1) is 0 Å². The lowest BCUT2D eigenvalue weighted by Crippen LogP contribution is -2.19. The van der Waals surface area contributed by atoms with Crippen LogP contribution in [0.5, 0.6) is 0 Å². The van der Waals surface area contributed by atoms with Crippen molar-refractivity contribution in [2.75, 3.05) is 17.7 Å². The molecule has 0 saturated heterocycles. The Kier molecular flexibility index (Phi) is 7.91. The Morgan fingerprint density at radius 3 is 2.53 bits per heavy atom. The fraction of sp³-hybridized carbons (Fsp3) is 0.292. The van der Waals surface area contributed by atoms with Crippen molar-refractivity contribution in [3.63, 3.8) is 0 Å². The lowest BCUT2D eigenvalue weighted by Gasteiger charge is -2.22. The zero-order chi connectivity index (χ0) is 23.3. The van der Waals surface area contributed by atoms with Crippen molar-refractivity contribution in [1.29, 1.82) is 0 Å². The Balaban J connectivity index is 1.74. The van der Waals surface area contributed by atoms with Crippen LogP contribution in [0.4, 0.5) is 11.4 Å². The van der Waals surface area contributed by atoms with Crippen molar-refractivity contribution >= 4 is 36.6 Å². The second-order valence-electron chi connectivity index (χ2n) is 8.30. The minimum absolute atomic E-state index is 0.274. The normalized spacial score (nSPS) is 13.5. The molecule has 0 aliphatic rings. The third kappa shape index (κ3) is 6.78. The molecule has 8 heteroatoms. The van der Waals surface area contributed by atoms with E-state index in [1.807, 2.05) is 29.6 Å². The first-order valence-electron chi connectivity index (χ1n) is 10.4. The summed E-state index contributed by atoms with van der Waals surface area (Å²) in [5.41, 5.74) is 8.54. The minimum Gasteiger partial charge on any atom is -0.397 e. The molecule has 1 aromatic heterocycles. The van der Waals surface area contributed by atoms with E-state index in [9.17, 15) is 14.5 Å². The van der Waals surface area contributed by atoms with Gasteiger partial charge in [-0.1, -0.05) is 24.3 Å². The predicted octanol–water partition coefficient (Wildman–Crippen LogP) is 5.96. The second-order valence-corrected chi connectivity index (χ2v) is 10.5. The lowest BCUT2D eigenvalue weighted by atomic mass is 9.96. The third-order valence-corrected chi connectivity index (χ3v) is 6.51. The summed E-state index contributed by atoms with van der Waals surface area (Å²) in [5.74, 6) is -0.274. The summed E-state index contributed by atoms with van der Waals surface area (Å²) in [5, 5.41) is 14.9. The molecule has 0 fully saturated rings. The van der Waals surface area contributed by atoms with Gasteiger partial charge in [0.05, 0.1) is 23.1 Å². The van der Waals surface area contributed by atoms with E-state index in [4.69, 9.17) is 10.3 Å². The molecule has 2 aromatic carbocycles. The molecule has 32 heavy (non-hydrogen) atoms. The molecule has 1 heterocycles. The molecule has 3 aromatic rings. The largest absolute Gasteiger partial charge is 0.397 e.